The molecule has 2 fully saturated rings. The predicted molar refractivity (Wildman–Crippen MR) is 84.9 cm³/mol. The Labute approximate surface area is 127 Å². The van der Waals surface area contributed by atoms with Crippen LogP contribution in [0.1, 0.15) is 44.7 Å². The second-order valence-corrected chi connectivity index (χ2v) is 6.07. The van der Waals surface area contributed by atoms with E-state index in [4.69, 9.17) is 9.72 Å². The van der Waals surface area contributed by atoms with E-state index in [9.17, 15) is 0 Å². The van der Waals surface area contributed by atoms with Gasteiger partial charge in [0.2, 0.25) is 5.95 Å². The van der Waals surface area contributed by atoms with Crippen LogP contribution in [0.25, 0.3) is 0 Å². The number of hydrogen-bond acceptors (Lipinski definition) is 5. The highest BCUT2D eigenvalue weighted by Crippen LogP contribution is 2.31. The number of anilines is 2. The van der Waals surface area contributed by atoms with Gasteiger partial charge in [-0.2, -0.15) is 4.98 Å². The van der Waals surface area contributed by atoms with Gasteiger partial charge >= 0.3 is 0 Å². The van der Waals surface area contributed by atoms with Crippen LogP contribution in [0.3, 0.4) is 0 Å². The van der Waals surface area contributed by atoms with Crippen LogP contribution >= 0.6 is 0 Å². The molecule has 3 rings (SSSR count). The molecule has 21 heavy (non-hydrogen) atoms. The van der Waals surface area contributed by atoms with Gasteiger partial charge in [-0.15, -0.1) is 0 Å². The molecule has 1 aliphatic carbocycles. The van der Waals surface area contributed by atoms with E-state index in [1.165, 1.54) is 25.7 Å². The molecule has 0 radical (unpaired) electrons. The third-order valence-electron chi connectivity index (χ3n) is 4.40. The van der Waals surface area contributed by atoms with Crippen LogP contribution in [0.4, 0.5) is 11.8 Å². The van der Waals surface area contributed by atoms with Crippen molar-refractivity contribution in [1.29, 1.82) is 0 Å². The zero-order valence-corrected chi connectivity index (χ0v) is 13.1. The van der Waals surface area contributed by atoms with Crippen molar-refractivity contribution in [2.45, 2.75) is 58.1 Å². The van der Waals surface area contributed by atoms with E-state index in [2.05, 4.69) is 28.2 Å². The monoisotopic (exact) mass is 290 g/mol. The minimum atomic E-state index is 0.384. The second kappa shape index (κ2) is 6.60. The summed E-state index contributed by atoms with van der Waals surface area (Å²) in [6, 6.07) is 2.59. The molecule has 0 spiro atoms. The highest BCUT2D eigenvalue weighted by molar-refractivity contribution is 5.46. The Morgan fingerprint density at radius 3 is 3.05 bits per heavy atom. The number of hydrogen-bond donors (Lipinski definition) is 1. The fourth-order valence-corrected chi connectivity index (χ4v) is 3.40. The van der Waals surface area contributed by atoms with Gasteiger partial charge in [0.1, 0.15) is 5.82 Å². The highest BCUT2D eigenvalue weighted by atomic mass is 16.5. The number of aryl methyl sites for hydroxylation is 1. The molecule has 116 valence electrons. The summed E-state index contributed by atoms with van der Waals surface area (Å²) in [5.74, 6) is 1.81. The molecule has 2 heterocycles. The first-order chi connectivity index (χ1) is 10.3. The Bertz CT molecular complexity index is 477. The summed E-state index contributed by atoms with van der Waals surface area (Å²) in [4.78, 5) is 11.7. The number of nitrogens with one attached hydrogen (secondary N) is 1. The molecule has 5 heteroatoms. The third-order valence-corrected chi connectivity index (χ3v) is 4.40. The Morgan fingerprint density at radius 1 is 1.33 bits per heavy atom. The van der Waals surface area contributed by atoms with Crippen LogP contribution in [-0.2, 0) is 4.74 Å². The number of fused-ring (bicyclic) bond motifs is 1. The quantitative estimate of drug-likeness (QED) is 0.924. The van der Waals surface area contributed by atoms with Gasteiger partial charge < -0.3 is 15.0 Å². The Hall–Kier alpha value is -1.36. The lowest BCUT2D eigenvalue weighted by molar-refractivity contribution is -0.00899. The van der Waals surface area contributed by atoms with E-state index in [1.807, 2.05) is 6.92 Å². The average Bonchev–Trinajstić information content (AvgIpc) is 2.52. The maximum absolute atomic E-state index is 5.96. The number of morpholine rings is 1. The number of ether oxygens (including phenoxy) is 1. The van der Waals surface area contributed by atoms with Crippen LogP contribution in [-0.4, -0.2) is 41.8 Å². The van der Waals surface area contributed by atoms with Gasteiger partial charge in [0.05, 0.1) is 18.8 Å². The van der Waals surface area contributed by atoms with Gasteiger partial charge in [0, 0.05) is 24.8 Å². The lowest BCUT2D eigenvalue weighted by Crippen LogP contribution is -2.53. The molecular weight excluding hydrogens is 264 g/mol. The fourth-order valence-electron chi connectivity index (χ4n) is 3.40. The molecule has 1 N–H and O–H groups in total. The van der Waals surface area contributed by atoms with Crippen molar-refractivity contribution < 1.29 is 4.74 Å². The summed E-state index contributed by atoms with van der Waals surface area (Å²) in [6.07, 6.45) is 6.45. The molecule has 1 aliphatic heterocycles. The molecule has 1 saturated carbocycles. The van der Waals surface area contributed by atoms with Crippen LogP contribution in [0.15, 0.2) is 6.07 Å². The topological polar surface area (TPSA) is 50.3 Å². The Balaban J connectivity index is 1.82. The first kappa shape index (κ1) is 14.6. The van der Waals surface area contributed by atoms with Gasteiger partial charge in [-0.1, -0.05) is 19.8 Å². The summed E-state index contributed by atoms with van der Waals surface area (Å²) in [6.45, 7) is 6.85. The summed E-state index contributed by atoms with van der Waals surface area (Å²) in [5.41, 5.74) is 1.03. The number of aromatic nitrogens is 2. The van der Waals surface area contributed by atoms with Crippen molar-refractivity contribution in [3.8, 4) is 0 Å². The zero-order chi connectivity index (χ0) is 14.7. The van der Waals surface area contributed by atoms with Crippen LogP contribution in [0, 0.1) is 6.92 Å². The molecule has 0 bridgehead atoms. The van der Waals surface area contributed by atoms with Crippen molar-refractivity contribution >= 4 is 11.8 Å². The van der Waals surface area contributed by atoms with Crippen molar-refractivity contribution in [2.75, 3.05) is 29.9 Å². The van der Waals surface area contributed by atoms with Gasteiger partial charge in [0.25, 0.3) is 0 Å². The summed E-state index contributed by atoms with van der Waals surface area (Å²) >= 11 is 0. The first-order valence-corrected chi connectivity index (χ1v) is 8.25. The van der Waals surface area contributed by atoms with E-state index < -0.39 is 0 Å². The molecule has 1 aromatic rings. The summed E-state index contributed by atoms with van der Waals surface area (Å²) in [5, 5.41) is 3.31. The normalized spacial score (nSPS) is 25.5. The predicted octanol–water partition coefficient (Wildman–Crippen LogP) is 2.75. The standard InChI is InChI=1S/C16H26N4O/c1-3-8-17-16-18-12(2)11-15(19-16)20-9-10-21-14-7-5-4-6-13(14)20/h11,13-14H,3-10H2,1-2H3,(H,17,18,19). The lowest BCUT2D eigenvalue weighted by atomic mass is 9.90. The van der Waals surface area contributed by atoms with Crippen molar-refractivity contribution in [3.63, 3.8) is 0 Å². The molecule has 1 saturated heterocycles. The van der Waals surface area contributed by atoms with Crippen LogP contribution in [0.5, 0.6) is 0 Å². The maximum atomic E-state index is 5.96. The summed E-state index contributed by atoms with van der Waals surface area (Å²) < 4.78 is 5.96. The minimum absolute atomic E-state index is 0.384. The number of nitrogens with zero attached hydrogens (tertiary/aromatic N) is 3. The van der Waals surface area contributed by atoms with Crippen molar-refractivity contribution in [1.82, 2.24) is 9.97 Å². The lowest BCUT2D eigenvalue weighted by Gasteiger charge is -2.44. The van der Waals surface area contributed by atoms with E-state index in [-0.39, 0.29) is 0 Å². The van der Waals surface area contributed by atoms with Gasteiger partial charge in [-0.05, 0) is 26.2 Å². The molecule has 2 aliphatic rings. The smallest absolute Gasteiger partial charge is 0.224 e. The van der Waals surface area contributed by atoms with E-state index >= 15 is 0 Å². The highest BCUT2D eigenvalue weighted by Gasteiger charge is 2.35. The molecule has 0 amide bonds. The molecule has 0 aromatic carbocycles. The second-order valence-electron chi connectivity index (χ2n) is 6.07. The Kier molecular flexibility index (Phi) is 4.58. The molecule has 2 atom stereocenters. The van der Waals surface area contributed by atoms with Crippen molar-refractivity contribution in [2.24, 2.45) is 0 Å². The maximum Gasteiger partial charge on any atom is 0.224 e. The largest absolute Gasteiger partial charge is 0.374 e. The van der Waals surface area contributed by atoms with Gasteiger partial charge in [-0.25, -0.2) is 4.98 Å². The van der Waals surface area contributed by atoms with Crippen LogP contribution < -0.4 is 10.2 Å². The molecule has 1 aromatic heterocycles. The third kappa shape index (κ3) is 3.28. The van der Waals surface area contributed by atoms with E-state index in [0.717, 1.165) is 43.6 Å². The zero-order valence-electron chi connectivity index (χ0n) is 13.1. The molecule has 2 unspecified atom stereocenters. The SMILES string of the molecule is CCCNc1nc(C)cc(N2CCOC3CCCCC32)n1. The summed E-state index contributed by atoms with van der Waals surface area (Å²) in [7, 11) is 0. The van der Waals surface area contributed by atoms with Crippen molar-refractivity contribution in [3.05, 3.63) is 11.8 Å². The average molecular weight is 290 g/mol. The van der Waals surface area contributed by atoms with Crippen LogP contribution in [0.2, 0.25) is 0 Å². The molecular formula is C16H26N4O. The van der Waals surface area contributed by atoms with Gasteiger partial charge in [0.15, 0.2) is 0 Å². The number of rotatable bonds is 4. The minimum Gasteiger partial charge on any atom is -0.374 e. The fraction of sp³-hybridized carbons (Fsp3) is 0.750. The molecule has 5 nitrogen and oxygen atoms in total. The van der Waals surface area contributed by atoms with E-state index in [1.54, 1.807) is 0 Å². The first-order valence-electron chi connectivity index (χ1n) is 8.25. The Morgan fingerprint density at radius 2 is 2.19 bits per heavy atom. The van der Waals surface area contributed by atoms with Gasteiger partial charge in [-0.3, -0.25) is 0 Å². The van der Waals surface area contributed by atoms with E-state index in [0.29, 0.717) is 12.1 Å².